The van der Waals surface area contributed by atoms with Gasteiger partial charge in [-0.3, -0.25) is 4.79 Å². The molecule has 0 bridgehead atoms. The number of imidazole rings is 1. The van der Waals surface area contributed by atoms with Gasteiger partial charge in [-0.15, -0.1) is 11.3 Å². The topological polar surface area (TPSA) is 48.2 Å². The van der Waals surface area contributed by atoms with Gasteiger partial charge in [-0.25, -0.2) is 9.55 Å². The molecule has 0 aromatic carbocycles. The van der Waals surface area contributed by atoms with Crippen molar-refractivity contribution in [2.45, 2.75) is 19.6 Å². The third-order valence-corrected chi connectivity index (χ3v) is 4.71. The van der Waals surface area contributed by atoms with Crippen LogP contribution in [-0.4, -0.2) is 28.6 Å². The van der Waals surface area contributed by atoms with Crippen molar-refractivity contribution in [3.05, 3.63) is 45.1 Å². The van der Waals surface area contributed by atoms with E-state index < -0.39 is 17.7 Å². The minimum Gasteiger partial charge on any atom is -0.462 e. The molecule has 3 aromatic rings. The predicted molar refractivity (Wildman–Crippen MR) is 85.5 cm³/mol. The van der Waals surface area contributed by atoms with Crippen LogP contribution < -0.4 is 9.14 Å². The number of methoxy groups -OCH3 is 1. The Morgan fingerprint density at radius 2 is 2.20 bits per heavy atom. The number of ketones is 1. The van der Waals surface area contributed by atoms with Crippen molar-refractivity contribution in [1.82, 2.24) is 9.55 Å². The second kappa shape index (κ2) is 6.30. The third kappa shape index (κ3) is 3.09. The highest BCUT2D eigenvalue weighted by molar-refractivity contribution is 7.15. The van der Waals surface area contributed by atoms with Gasteiger partial charge in [-0.05, 0) is 19.1 Å². The smallest absolute Gasteiger partial charge is 0.459 e. The van der Waals surface area contributed by atoms with Crippen molar-refractivity contribution in [3.8, 4) is 5.88 Å². The molecule has 132 valence electrons. The highest BCUT2D eigenvalue weighted by Gasteiger charge is 2.48. The van der Waals surface area contributed by atoms with Crippen LogP contribution in [0.15, 0.2) is 24.5 Å². The number of rotatable bonds is 4. The number of alkyl halides is 3. The molecule has 3 rings (SSSR count). The largest absolute Gasteiger partial charge is 0.462 e. The molecule has 0 aliphatic heterocycles. The van der Waals surface area contributed by atoms with Gasteiger partial charge in [0.2, 0.25) is 0 Å². The van der Waals surface area contributed by atoms with Gasteiger partial charge >= 0.3 is 17.8 Å². The summed E-state index contributed by atoms with van der Waals surface area (Å²) in [7, 11) is 1.23. The molecule has 10 heteroatoms. The zero-order valence-corrected chi connectivity index (χ0v) is 14.7. The van der Waals surface area contributed by atoms with Gasteiger partial charge in [0.1, 0.15) is 6.54 Å². The first-order chi connectivity index (χ1) is 11.7. The molecule has 0 amide bonds. The van der Waals surface area contributed by atoms with Crippen LogP contribution >= 0.6 is 22.9 Å². The van der Waals surface area contributed by atoms with E-state index in [1.165, 1.54) is 22.3 Å². The zero-order valence-electron chi connectivity index (χ0n) is 13.1. The summed E-state index contributed by atoms with van der Waals surface area (Å²) in [5, 5.41) is 0. The summed E-state index contributed by atoms with van der Waals surface area (Å²) in [4.78, 5) is 16.6. The lowest BCUT2D eigenvalue weighted by Crippen LogP contribution is -2.27. The summed E-state index contributed by atoms with van der Waals surface area (Å²) >= 11 is 6.94. The van der Waals surface area contributed by atoms with Crippen LogP contribution in [0.5, 0.6) is 5.88 Å². The number of thiazole rings is 1. The summed E-state index contributed by atoms with van der Waals surface area (Å²) in [5.41, 5.74) is 0.558. The van der Waals surface area contributed by atoms with Crippen molar-refractivity contribution < 1.29 is 27.1 Å². The molecule has 0 aliphatic carbocycles. The van der Waals surface area contributed by atoms with Crippen LogP contribution in [0.25, 0.3) is 5.65 Å². The number of Topliss-reactive ketones (excluding diaryl/α,β-unsaturated/α-hetero) is 1. The highest BCUT2D eigenvalue weighted by atomic mass is 35.5. The van der Waals surface area contributed by atoms with E-state index >= 15 is 0 Å². The Balaban J connectivity index is 2.32. The number of fused-ring (bicyclic) bond motifs is 1. The molecule has 3 heterocycles. The van der Waals surface area contributed by atoms with Crippen molar-refractivity contribution in [1.29, 1.82) is 0 Å². The Kier molecular flexibility index (Phi) is 4.46. The number of pyridine rings is 1. The lowest BCUT2D eigenvalue weighted by molar-refractivity contribution is -0.520. The van der Waals surface area contributed by atoms with Crippen molar-refractivity contribution in [2.75, 3.05) is 7.11 Å². The number of carbonyl (C=O) groups is 1. The lowest BCUT2D eigenvalue weighted by atomic mass is 10.2. The Bertz CT molecular complexity index is 965. The SMILES string of the molecule is COc1c(C(=O)C(F)(F)F)n(Cc2cnc(Cl)s2)c2c(C)ccc[n+]12. The van der Waals surface area contributed by atoms with Crippen LogP contribution in [0.1, 0.15) is 20.9 Å². The van der Waals surface area contributed by atoms with E-state index in [4.69, 9.17) is 16.3 Å². The quantitative estimate of drug-likeness (QED) is 0.506. The molecule has 0 radical (unpaired) electrons. The zero-order chi connectivity index (χ0) is 18.4. The molecule has 5 nitrogen and oxygen atoms in total. The van der Waals surface area contributed by atoms with E-state index in [1.807, 2.05) is 0 Å². The van der Waals surface area contributed by atoms with Gasteiger partial charge in [-0.1, -0.05) is 11.6 Å². The maximum absolute atomic E-state index is 13.1. The molecule has 3 aromatic heterocycles. The fraction of sp³-hybridized carbons (Fsp3) is 0.267. The monoisotopic (exact) mass is 390 g/mol. The molecular weight excluding hydrogens is 379 g/mol. The molecular formula is C15H12ClF3N3O2S+. The number of aromatic nitrogens is 3. The molecule has 0 fully saturated rings. The molecule has 0 spiro atoms. The number of hydrogen-bond acceptors (Lipinski definition) is 4. The number of carbonyl (C=O) groups excluding carboxylic acids is 1. The second-order valence-corrected chi connectivity index (χ2v) is 6.93. The Labute approximate surface area is 149 Å². The maximum Gasteiger partial charge on any atom is 0.459 e. The number of ether oxygens (including phenoxy) is 1. The first-order valence-corrected chi connectivity index (χ1v) is 8.22. The molecule has 0 saturated carbocycles. The molecule has 25 heavy (non-hydrogen) atoms. The summed E-state index contributed by atoms with van der Waals surface area (Å²) in [6.45, 7) is 1.76. The highest BCUT2D eigenvalue weighted by Crippen LogP contribution is 2.30. The van der Waals surface area contributed by atoms with Crippen LogP contribution in [-0.2, 0) is 6.54 Å². The fourth-order valence-corrected chi connectivity index (χ4v) is 3.63. The number of halogens is 4. The predicted octanol–water partition coefficient (Wildman–Crippen LogP) is 3.45. The van der Waals surface area contributed by atoms with E-state index in [0.717, 1.165) is 11.3 Å². The van der Waals surface area contributed by atoms with E-state index in [9.17, 15) is 18.0 Å². The average Bonchev–Trinajstić information content (AvgIpc) is 3.08. The van der Waals surface area contributed by atoms with Crippen LogP contribution in [0.3, 0.4) is 0 Å². The van der Waals surface area contributed by atoms with Crippen molar-refractivity contribution >= 4 is 34.4 Å². The van der Waals surface area contributed by atoms with E-state index in [-0.39, 0.29) is 16.9 Å². The van der Waals surface area contributed by atoms with Gasteiger partial charge in [0, 0.05) is 11.8 Å². The second-order valence-electron chi connectivity index (χ2n) is 5.24. The van der Waals surface area contributed by atoms with Crippen molar-refractivity contribution in [3.63, 3.8) is 0 Å². The van der Waals surface area contributed by atoms with Crippen LogP contribution in [0.4, 0.5) is 13.2 Å². The van der Waals surface area contributed by atoms with Gasteiger partial charge < -0.3 is 4.74 Å². The Hall–Kier alpha value is -2.13. The van der Waals surface area contributed by atoms with Crippen molar-refractivity contribution in [2.24, 2.45) is 0 Å². The minimum atomic E-state index is -5.03. The molecule has 0 atom stereocenters. The van der Waals surface area contributed by atoms with Gasteiger partial charge in [0.15, 0.2) is 4.47 Å². The van der Waals surface area contributed by atoms with E-state index in [2.05, 4.69) is 4.98 Å². The van der Waals surface area contributed by atoms with Gasteiger partial charge in [0.05, 0.1) is 18.2 Å². The first-order valence-electron chi connectivity index (χ1n) is 7.03. The normalized spacial score (nSPS) is 11.9. The Morgan fingerprint density at radius 3 is 2.76 bits per heavy atom. The van der Waals surface area contributed by atoms with Crippen LogP contribution in [0.2, 0.25) is 4.47 Å². The molecule has 0 aliphatic rings. The Morgan fingerprint density at radius 1 is 1.48 bits per heavy atom. The summed E-state index contributed by atoms with van der Waals surface area (Å²) in [6.07, 6.45) is -2.01. The minimum absolute atomic E-state index is 0.0131. The third-order valence-electron chi connectivity index (χ3n) is 3.61. The van der Waals surface area contributed by atoms with Crippen LogP contribution in [0, 0.1) is 6.92 Å². The number of nitrogens with zero attached hydrogens (tertiary/aromatic N) is 3. The van der Waals surface area contributed by atoms with E-state index in [0.29, 0.717) is 16.1 Å². The van der Waals surface area contributed by atoms with E-state index in [1.54, 1.807) is 25.3 Å². The summed E-state index contributed by atoms with van der Waals surface area (Å²) < 4.78 is 47.6. The summed E-state index contributed by atoms with van der Waals surface area (Å²) in [6, 6.07) is 3.41. The summed E-state index contributed by atoms with van der Waals surface area (Å²) in [5.74, 6) is -2.14. The van der Waals surface area contributed by atoms with Gasteiger partial charge in [-0.2, -0.15) is 17.6 Å². The fourth-order valence-electron chi connectivity index (χ4n) is 2.67. The number of hydrogen-bond donors (Lipinski definition) is 0. The molecule has 0 saturated heterocycles. The average molecular weight is 391 g/mol. The number of aryl methyl sites for hydroxylation is 1. The maximum atomic E-state index is 13.1. The molecule has 0 unspecified atom stereocenters. The standard InChI is InChI=1S/C15H12ClF3N3O2S/c1-8-4-3-5-21-12(8)22(7-9-6-20-14(16)25-9)10(13(21)24-2)11(23)15(17,18)19/h3-6H,7H2,1-2H3/q+1. The molecule has 0 N–H and O–H groups in total. The van der Waals surface area contributed by atoms with Gasteiger partial charge in [0.25, 0.3) is 11.3 Å². The first kappa shape index (κ1) is 17.7. The lowest BCUT2D eigenvalue weighted by Gasteiger charge is -2.05.